The average Bonchev–Trinajstić information content (AvgIpc) is 2.89. The Labute approximate surface area is 150 Å². The second-order valence-electron chi connectivity index (χ2n) is 7.49. The summed E-state index contributed by atoms with van der Waals surface area (Å²) in [6.07, 6.45) is -1.31. The molecular weight excluding hydrogens is 347 g/mol. The molecular formula is C19H22F3NO3. The molecule has 142 valence electrons. The van der Waals surface area contributed by atoms with Gasteiger partial charge < -0.3 is 14.4 Å². The van der Waals surface area contributed by atoms with E-state index < -0.39 is 17.3 Å². The molecule has 0 N–H and O–H groups in total. The van der Waals surface area contributed by atoms with Gasteiger partial charge >= 0.3 is 6.18 Å². The molecule has 0 saturated carbocycles. The van der Waals surface area contributed by atoms with E-state index in [0.29, 0.717) is 18.8 Å². The molecule has 4 rings (SSSR count). The Morgan fingerprint density at radius 3 is 2.50 bits per heavy atom. The lowest BCUT2D eigenvalue weighted by molar-refractivity contribution is -0.137. The van der Waals surface area contributed by atoms with Crippen molar-refractivity contribution >= 4 is 5.78 Å². The Balaban J connectivity index is 1.43. The SMILES string of the molecule is O=C1c2cc(C(F)(F)F)ccc2OC12CCN(CC1CCOCC1)CC2. The molecule has 3 aliphatic heterocycles. The van der Waals surface area contributed by atoms with Gasteiger partial charge in [0.1, 0.15) is 5.75 Å². The van der Waals surface area contributed by atoms with Gasteiger partial charge in [-0.15, -0.1) is 0 Å². The van der Waals surface area contributed by atoms with Gasteiger partial charge in [0.2, 0.25) is 5.78 Å². The number of benzene rings is 1. The van der Waals surface area contributed by atoms with Crippen molar-refractivity contribution in [2.24, 2.45) is 5.92 Å². The Hall–Kier alpha value is -1.60. The Kier molecular flexibility index (Phi) is 4.47. The summed E-state index contributed by atoms with van der Waals surface area (Å²) in [6.45, 7) is 4.05. The van der Waals surface area contributed by atoms with Crippen LogP contribution >= 0.6 is 0 Å². The Morgan fingerprint density at radius 2 is 1.85 bits per heavy atom. The van der Waals surface area contributed by atoms with Crippen LogP contribution in [0.2, 0.25) is 0 Å². The second kappa shape index (κ2) is 6.53. The van der Waals surface area contributed by atoms with Crippen LogP contribution in [-0.4, -0.2) is 49.1 Å². The number of rotatable bonds is 2. The first-order chi connectivity index (χ1) is 12.4. The van der Waals surface area contributed by atoms with Crippen LogP contribution in [0, 0.1) is 5.92 Å². The molecule has 0 bridgehead atoms. The summed E-state index contributed by atoms with van der Waals surface area (Å²) < 4.78 is 50.0. The van der Waals surface area contributed by atoms with Gasteiger partial charge in [-0.3, -0.25) is 4.79 Å². The number of carbonyl (C=O) groups is 1. The first-order valence-electron chi connectivity index (χ1n) is 9.13. The maximum Gasteiger partial charge on any atom is 0.416 e. The van der Waals surface area contributed by atoms with E-state index in [1.54, 1.807) is 0 Å². The number of fused-ring (bicyclic) bond motifs is 1. The smallest absolute Gasteiger partial charge is 0.416 e. The van der Waals surface area contributed by atoms with Crippen LogP contribution < -0.4 is 4.74 Å². The molecule has 0 unspecified atom stereocenters. The molecule has 0 aromatic heterocycles. The lowest BCUT2D eigenvalue weighted by Crippen LogP contribution is -2.51. The van der Waals surface area contributed by atoms with Crippen molar-refractivity contribution in [3.63, 3.8) is 0 Å². The number of Topliss-reactive ketones (excluding diaryl/α,β-unsaturated/α-hetero) is 1. The average molecular weight is 369 g/mol. The number of hydrogen-bond acceptors (Lipinski definition) is 4. The van der Waals surface area contributed by atoms with Crippen LogP contribution in [0.3, 0.4) is 0 Å². The van der Waals surface area contributed by atoms with Crippen molar-refractivity contribution < 1.29 is 27.4 Å². The minimum absolute atomic E-state index is 0.0673. The summed E-state index contributed by atoms with van der Waals surface area (Å²) in [5, 5.41) is 0. The summed E-state index contributed by atoms with van der Waals surface area (Å²) >= 11 is 0. The molecule has 1 spiro atoms. The quantitative estimate of drug-likeness (QED) is 0.799. The van der Waals surface area contributed by atoms with E-state index in [1.165, 1.54) is 6.07 Å². The molecule has 2 fully saturated rings. The lowest BCUT2D eigenvalue weighted by atomic mass is 9.85. The molecule has 0 aliphatic carbocycles. The number of piperidine rings is 1. The molecule has 4 nitrogen and oxygen atoms in total. The molecule has 26 heavy (non-hydrogen) atoms. The molecule has 0 atom stereocenters. The normalized spacial score (nSPS) is 23.9. The van der Waals surface area contributed by atoms with Crippen LogP contribution in [0.15, 0.2) is 18.2 Å². The van der Waals surface area contributed by atoms with Gasteiger partial charge in [-0.05, 0) is 37.0 Å². The monoisotopic (exact) mass is 369 g/mol. The van der Waals surface area contributed by atoms with E-state index in [4.69, 9.17) is 9.47 Å². The van der Waals surface area contributed by atoms with Gasteiger partial charge in [-0.1, -0.05) is 0 Å². The number of alkyl halides is 3. The van der Waals surface area contributed by atoms with Crippen molar-refractivity contribution in [2.45, 2.75) is 37.5 Å². The highest BCUT2D eigenvalue weighted by Crippen LogP contribution is 2.43. The van der Waals surface area contributed by atoms with Crippen LogP contribution in [0.1, 0.15) is 41.6 Å². The van der Waals surface area contributed by atoms with Crippen molar-refractivity contribution in [2.75, 3.05) is 32.8 Å². The molecule has 0 amide bonds. The zero-order valence-corrected chi connectivity index (χ0v) is 14.5. The Bertz CT molecular complexity index is 690. The zero-order valence-electron chi connectivity index (χ0n) is 14.5. The first-order valence-corrected chi connectivity index (χ1v) is 9.13. The highest BCUT2D eigenvalue weighted by molar-refractivity contribution is 6.07. The number of hydrogen-bond donors (Lipinski definition) is 0. The molecule has 0 radical (unpaired) electrons. The van der Waals surface area contributed by atoms with E-state index in [1.807, 2.05) is 0 Å². The van der Waals surface area contributed by atoms with E-state index in [9.17, 15) is 18.0 Å². The van der Waals surface area contributed by atoms with Crippen molar-refractivity contribution in [1.82, 2.24) is 4.90 Å². The molecule has 1 aromatic carbocycles. The molecule has 1 aromatic rings. The summed E-state index contributed by atoms with van der Waals surface area (Å²) in [5.41, 5.74) is -1.72. The number of ether oxygens (including phenoxy) is 2. The maximum absolute atomic E-state index is 12.9. The van der Waals surface area contributed by atoms with E-state index in [0.717, 1.165) is 57.8 Å². The van der Waals surface area contributed by atoms with Gasteiger partial charge in [-0.2, -0.15) is 13.2 Å². The van der Waals surface area contributed by atoms with Gasteiger partial charge in [0, 0.05) is 45.7 Å². The number of carbonyl (C=O) groups excluding carboxylic acids is 1. The van der Waals surface area contributed by atoms with Crippen LogP contribution in [0.25, 0.3) is 0 Å². The van der Waals surface area contributed by atoms with Crippen LogP contribution in [0.4, 0.5) is 13.2 Å². The molecule has 3 heterocycles. The van der Waals surface area contributed by atoms with E-state index in [2.05, 4.69) is 4.90 Å². The summed E-state index contributed by atoms with van der Waals surface area (Å²) in [4.78, 5) is 15.2. The van der Waals surface area contributed by atoms with E-state index in [-0.39, 0.29) is 17.1 Å². The largest absolute Gasteiger partial charge is 0.478 e. The summed E-state index contributed by atoms with van der Waals surface area (Å²) in [7, 11) is 0. The number of ketones is 1. The van der Waals surface area contributed by atoms with Crippen LogP contribution in [-0.2, 0) is 10.9 Å². The Morgan fingerprint density at radius 1 is 1.15 bits per heavy atom. The van der Waals surface area contributed by atoms with E-state index >= 15 is 0 Å². The van der Waals surface area contributed by atoms with Crippen molar-refractivity contribution in [3.8, 4) is 5.75 Å². The minimum atomic E-state index is -4.46. The van der Waals surface area contributed by atoms with Crippen LogP contribution in [0.5, 0.6) is 5.75 Å². The number of likely N-dealkylation sites (tertiary alicyclic amines) is 1. The third-order valence-electron chi connectivity index (χ3n) is 5.79. The lowest BCUT2D eigenvalue weighted by Gasteiger charge is -2.39. The van der Waals surface area contributed by atoms with Gasteiger partial charge in [0.25, 0.3) is 0 Å². The van der Waals surface area contributed by atoms with Crippen molar-refractivity contribution in [3.05, 3.63) is 29.3 Å². The highest BCUT2D eigenvalue weighted by atomic mass is 19.4. The molecule has 2 saturated heterocycles. The maximum atomic E-state index is 12.9. The fraction of sp³-hybridized carbons (Fsp3) is 0.632. The van der Waals surface area contributed by atoms with Crippen molar-refractivity contribution in [1.29, 1.82) is 0 Å². The third kappa shape index (κ3) is 3.22. The minimum Gasteiger partial charge on any atom is -0.478 e. The number of halogens is 3. The third-order valence-corrected chi connectivity index (χ3v) is 5.79. The highest BCUT2D eigenvalue weighted by Gasteiger charge is 2.50. The number of nitrogens with zero attached hydrogens (tertiary/aromatic N) is 1. The van der Waals surface area contributed by atoms with Gasteiger partial charge in [-0.25, -0.2) is 0 Å². The van der Waals surface area contributed by atoms with Gasteiger partial charge in [0.05, 0.1) is 11.1 Å². The fourth-order valence-electron chi connectivity index (χ4n) is 4.20. The standard InChI is InChI=1S/C19H22F3NO3/c20-19(21,22)14-1-2-16-15(11-14)17(24)18(26-16)5-7-23(8-6-18)12-13-3-9-25-10-4-13/h1-2,11,13H,3-10,12H2. The predicted octanol–water partition coefficient (Wildman–Crippen LogP) is 3.54. The summed E-state index contributed by atoms with van der Waals surface area (Å²) in [5.74, 6) is 0.592. The summed E-state index contributed by atoms with van der Waals surface area (Å²) in [6, 6.07) is 3.19. The second-order valence-corrected chi connectivity index (χ2v) is 7.49. The topological polar surface area (TPSA) is 38.8 Å². The fourth-order valence-corrected chi connectivity index (χ4v) is 4.20. The predicted molar refractivity (Wildman–Crippen MR) is 88.4 cm³/mol. The molecule has 7 heteroatoms. The molecule has 3 aliphatic rings. The first kappa shape index (κ1) is 17.8. The van der Waals surface area contributed by atoms with Gasteiger partial charge in [0.15, 0.2) is 5.60 Å². The zero-order chi connectivity index (χ0) is 18.4.